The van der Waals surface area contributed by atoms with Crippen LogP contribution in [0.5, 0.6) is 28.7 Å². The van der Waals surface area contributed by atoms with Gasteiger partial charge in [-0.3, -0.25) is 4.79 Å². The van der Waals surface area contributed by atoms with E-state index < -0.39 is 6.10 Å². The Kier molecular flexibility index (Phi) is 5.36. The second-order valence-electron chi connectivity index (χ2n) is 5.60. The summed E-state index contributed by atoms with van der Waals surface area (Å²) >= 11 is 0. The average molecular weight is 359 g/mol. The molecule has 1 heterocycles. The van der Waals surface area contributed by atoms with Gasteiger partial charge < -0.3 is 29.0 Å². The van der Waals surface area contributed by atoms with Crippen LogP contribution in [-0.2, 0) is 11.3 Å². The van der Waals surface area contributed by atoms with Gasteiger partial charge in [-0.1, -0.05) is 12.1 Å². The van der Waals surface area contributed by atoms with Crippen molar-refractivity contribution in [2.75, 3.05) is 27.9 Å². The van der Waals surface area contributed by atoms with Crippen LogP contribution in [0.4, 0.5) is 0 Å². The quantitative estimate of drug-likeness (QED) is 0.852. The summed E-state index contributed by atoms with van der Waals surface area (Å²) in [6.45, 7) is 0.412. The highest BCUT2D eigenvalue weighted by Crippen LogP contribution is 2.35. The molecule has 1 atom stereocenters. The molecule has 26 heavy (non-hydrogen) atoms. The first-order valence-corrected chi connectivity index (χ1v) is 8.11. The molecule has 0 radical (unpaired) electrons. The van der Waals surface area contributed by atoms with Crippen molar-refractivity contribution in [2.45, 2.75) is 12.6 Å². The van der Waals surface area contributed by atoms with E-state index in [1.54, 1.807) is 45.6 Å². The summed E-state index contributed by atoms with van der Waals surface area (Å²) in [4.78, 5) is 12.4. The van der Waals surface area contributed by atoms with Gasteiger partial charge in [0.1, 0.15) is 12.4 Å². The van der Waals surface area contributed by atoms with E-state index in [9.17, 15) is 4.79 Å². The first kappa shape index (κ1) is 17.7. The lowest BCUT2D eigenvalue weighted by Gasteiger charge is -2.25. The summed E-state index contributed by atoms with van der Waals surface area (Å²) in [5.74, 6) is 2.63. The van der Waals surface area contributed by atoms with Crippen LogP contribution in [0, 0.1) is 0 Å². The zero-order chi connectivity index (χ0) is 18.5. The molecule has 1 N–H and O–H groups in total. The van der Waals surface area contributed by atoms with Crippen molar-refractivity contribution in [3.8, 4) is 28.7 Å². The van der Waals surface area contributed by atoms with Gasteiger partial charge in [-0.15, -0.1) is 0 Å². The smallest absolute Gasteiger partial charge is 0.264 e. The summed E-state index contributed by atoms with van der Waals surface area (Å²) in [5, 5.41) is 2.84. The fourth-order valence-electron chi connectivity index (χ4n) is 2.68. The number of rotatable bonds is 6. The molecular formula is C19H21NO6. The van der Waals surface area contributed by atoms with Gasteiger partial charge in [0, 0.05) is 18.2 Å². The highest BCUT2D eigenvalue weighted by atomic mass is 16.6. The predicted octanol–water partition coefficient (Wildman–Crippen LogP) is 2.17. The molecule has 0 bridgehead atoms. The molecule has 0 saturated heterocycles. The number of fused-ring (bicyclic) bond motifs is 1. The molecule has 7 heteroatoms. The van der Waals surface area contributed by atoms with Gasteiger partial charge in [0.2, 0.25) is 6.10 Å². The standard InChI is InChI=1S/C19H21NO6/c1-22-15-9-17(24-3)16(23-2)8-12(15)10-20-19(21)18-11-25-13-6-4-5-7-14(13)26-18/h4-9,18H,10-11H2,1-3H3,(H,20,21). The number of hydrogen-bond acceptors (Lipinski definition) is 6. The topological polar surface area (TPSA) is 75.2 Å². The highest BCUT2D eigenvalue weighted by Gasteiger charge is 2.27. The number of para-hydroxylation sites is 2. The second kappa shape index (κ2) is 7.86. The van der Waals surface area contributed by atoms with Crippen molar-refractivity contribution in [1.82, 2.24) is 5.32 Å². The van der Waals surface area contributed by atoms with E-state index in [-0.39, 0.29) is 19.1 Å². The molecule has 1 aliphatic rings. The van der Waals surface area contributed by atoms with Gasteiger partial charge in [-0.2, -0.15) is 0 Å². The van der Waals surface area contributed by atoms with Gasteiger partial charge >= 0.3 is 0 Å². The zero-order valence-corrected chi connectivity index (χ0v) is 14.9. The number of methoxy groups -OCH3 is 3. The average Bonchev–Trinajstić information content (AvgIpc) is 2.70. The van der Waals surface area contributed by atoms with Crippen molar-refractivity contribution in [1.29, 1.82) is 0 Å². The highest BCUT2D eigenvalue weighted by molar-refractivity contribution is 5.81. The third-order valence-electron chi connectivity index (χ3n) is 4.04. The van der Waals surface area contributed by atoms with Crippen molar-refractivity contribution < 1.29 is 28.5 Å². The largest absolute Gasteiger partial charge is 0.496 e. The number of ether oxygens (including phenoxy) is 5. The predicted molar refractivity (Wildman–Crippen MR) is 94.3 cm³/mol. The molecule has 0 spiro atoms. The maximum Gasteiger partial charge on any atom is 0.264 e. The molecule has 0 aliphatic carbocycles. The third kappa shape index (κ3) is 3.61. The Balaban J connectivity index is 1.68. The van der Waals surface area contributed by atoms with E-state index in [4.69, 9.17) is 23.7 Å². The number of benzene rings is 2. The molecule has 3 rings (SSSR count). The molecule has 7 nitrogen and oxygen atoms in total. The van der Waals surface area contributed by atoms with E-state index in [1.165, 1.54) is 0 Å². The van der Waals surface area contributed by atoms with Crippen LogP contribution in [0.3, 0.4) is 0 Å². The van der Waals surface area contributed by atoms with E-state index in [0.29, 0.717) is 28.7 Å². The minimum absolute atomic E-state index is 0.159. The Hall–Kier alpha value is -3.09. The lowest BCUT2D eigenvalue weighted by atomic mass is 10.1. The number of nitrogens with one attached hydrogen (secondary N) is 1. The summed E-state index contributed by atoms with van der Waals surface area (Å²) in [7, 11) is 4.66. The summed E-state index contributed by atoms with van der Waals surface area (Å²) < 4.78 is 27.2. The molecule has 0 saturated carbocycles. The SMILES string of the molecule is COc1cc(OC)c(OC)cc1CNC(=O)C1COc2ccccc2O1. The van der Waals surface area contributed by atoms with Gasteiger partial charge in [0.15, 0.2) is 23.0 Å². The zero-order valence-electron chi connectivity index (χ0n) is 14.9. The maximum absolute atomic E-state index is 12.4. The van der Waals surface area contributed by atoms with E-state index >= 15 is 0 Å². The fraction of sp³-hybridized carbons (Fsp3) is 0.316. The summed E-state index contributed by atoms with van der Waals surface area (Å²) in [6.07, 6.45) is -0.712. The lowest BCUT2D eigenvalue weighted by molar-refractivity contribution is -0.130. The Morgan fingerprint density at radius 3 is 2.38 bits per heavy atom. The molecule has 1 aliphatic heterocycles. The van der Waals surface area contributed by atoms with Gasteiger partial charge in [-0.05, 0) is 18.2 Å². The Labute approximate surface area is 151 Å². The monoisotopic (exact) mass is 359 g/mol. The van der Waals surface area contributed by atoms with Gasteiger partial charge in [0.25, 0.3) is 5.91 Å². The van der Waals surface area contributed by atoms with E-state index in [2.05, 4.69) is 5.32 Å². The minimum Gasteiger partial charge on any atom is -0.496 e. The normalized spacial score (nSPS) is 15.1. The molecule has 2 aromatic rings. The van der Waals surface area contributed by atoms with Gasteiger partial charge in [-0.25, -0.2) is 0 Å². The Morgan fingerprint density at radius 1 is 1.04 bits per heavy atom. The molecular weight excluding hydrogens is 338 g/mol. The lowest BCUT2D eigenvalue weighted by Crippen LogP contribution is -2.43. The van der Waals surface area contributed by atoms with Crippen molar-refractivity contribution in [3.05, 3.63) is 42.0 Å². The van der Waals surface area contributed by atoms with Crippen LogP contribution < -0.4 is 29.0 Å². The van der Waals surface area contributed by atoms with E-state index in [1.807, 2.05) is 12.1 Å². The first-order chi connectivity index (χ1) is 12.7. The Bertz CT molecular complexity index is 792. The molecule has 1 amide bonds. The third-order valence-corrected chi connectivity index (χ3v) is 4.04. The van der Waals surface area contributed by atoms with Crippen molar-refractivity contribution in [2.24, 2.45) is 0 Å². The number of hydrogen-bond donors (Lipinski definition) is 1. The summed E-state index contributed by atoms with van der Waals surface area (Å²) in [5.41, 5.74) is 0.760. The summed E-state index contributed by atoms with van der Waals surface area (Å²) in [6, 6.07) is 10.7. The first-order valence-electron chi connectivity index (χ1n) is 8.11. The Morgan fingerprint density at radius 2 is 1.69 bits per heavy atom. The van der Waals surface area contributed by atoms with Crippen molar-refractivity contribution >= 4 is 5.91 Å². The molecule has 138 valence electrons. The molecule has 0 fully saturated rings. The van der Waals surface area contributed by atoms with Crippen molar-refractivity contribution in [3.63, 3.8) is 0 Å². The second-order valence-corrected chi connectivity index (χ2v) is 5.60. The fourth-order valence-corrected chi connectivity index (χ4v) is 2.68. The van der Waals surface area contributed by atoms with E-state index in [0.717, 1.165) is 5.56 Å². The van der Waals surface area contributed by atoms with Crippen LogP contribution in [0.25, 0.3) is 0 Å². The molecule has 1 unspecified atom stereocenters. The molecule has 0 aromatic heterocycles. The van der Waals surface area contributed by atoms with Crippen LogP contribution >= 0.6 is 0 Å². The maximum atomic E-state index is 12.4. The number of amides is 1. The number of carbonyl (C=O) groups is 1. The van der Waals surface area contributed by atoms with Crippen LogP contribution in [0.1, 0.15) is 5.56 Å². The minimum atomic E-state index is -0.712. The van der Waals surface area contributed by atoms with Gasteiger partial charge in [0.05, 0.1) is 21.3 Å². The number of carbonyl (C=O) groups excluding carboxylic acids is 1. The van der Waals surface area contributed by atoms with Crippen LogP contribution in [0.15, 0.2) is 36.4 Å². The molecule has 2 aromatic carbocycles. The van der Waals surface area contributed by atoms with Crippen LogP contribution in [0.2, 0.25) is 0 Å². The van der Waals surface area contributed by atoms with Crippen LogP contribution in [-0.4, -0.2) is 39.9 Å².